The van der Waals surface area contributed by atoms with Gasteiger partial charge in [-0.2, -0.15) is 0 Å². The van der Waals surface area contributed by atoms with Crippen LogP contribution in [0.15, 0.2) is 36.7 Å². The predicted molar refractivity (Wildman–Crippen MR) is 125 cm³/mol. The van der Waals surface area contributed by atoms with Crippen LogP contribution in [0.4, 0.5) is 5.69 Å². The number of anilines is 1. The van der Waals surface area contributed by atoms with Crippen molar-refractivity contribution in [1.29, 1.82) is 0 Å². The number of hydrogen-bond acceptors (Lipinski definition) is 5. The highest BCUT2D eigenvalue weighted by Gasteiger charge is 2.18. The summed E-state index contributed by atoms with van der Waals surface area (Å²) in [6.45, 7) is 0. The molecule has 0 saturated heterocycles. The highest BCUT2D eigenvalue weighted by atomic mass is 35.5. The van der Waals surface area contributed by atoms with E-state index in [1.54, 1.807) is 27.7 Å². The van der Waals surface area contributed by atoms with Gasteiger partial charge in [0.2, 0.25) is 0 Å². The number of imidazole rings is 1. The van der Waals surface area contributed by atoms with Crippen molar-refractivity contribution in [3.63, 3.8) is 0 Å². The van der Waals surface area contributed by atoms with Gasteiger partial charge in [0, 0.05) is 18.2 Å². The molecule has 29 heavy (non-hydrogen) atoms. The zero-order valence-corrected chi connectivity index (χ0v) is 19.5. The SMILES string of the molecule is COc1ccc(-c2c(-c3cc(Cl)c(OC)c(OC)c3)ncn2C)cc1N.Cl.Cl.Cl. The summed E-state index contributed by atoms with van der Waals surface area (Å²) >= 11 is 6.36. The molecule has 3 aromatic rings. The first-order valence-electron chi connectivity index (χ1n) is 7.87. The number of rotatable bonds is 5. The Bertz CT molecular complexity index is 964. The van der Waals surface area contributed by atoms with Crippen LogP contribution in [0.2, 0.25) is 5.02 Å². The molecule has 160 valence electrons. The van der Waals surface area contributed by atoms with Crippen LogP contribution in [0.3, 0.4) is 0 Å². The van der Waals surface area contributed by atoms with Crippen molar-refractivity contribution in [3.8, 4) is 39.8 Å². The molecule has 0 spiro atoms. The Kier molecular flexibility index (Phi) is 10.5. The number of methoxy groups -OCH3 is 3. The topological polar surface area (TPSA) is 71.5 Å². The number of nitrogens with two attached hydrogens (primary N) is 1. The second kappa shape index (κ2) is 11.3. The molecule has 0 unspecified atom stereocenters. The monoisotopic (exact) mass is 481 g/mol. The first-order valence-corrected chi connectivity index (χ1v) is 8.25. The molecule has 0 fully saturated rings. The maximum Gasteiger partial charge on any atom is 0.179 e. The van der Waals surface area contributed by atoms with Gasteiger partial charge in [-0.05, 0) is 30.3 Å². The lowest BCUT2D eigenvalue weighted by Crippen LogP contribution is -1.97. The minimum atomic E-state index is 0. The fourth-order valence-corrected chi connectivity index (χ4v) is 3.21. The molecule has 0 saturated carbocycles. The molecule has 0 atom stereocenters. The van der Waals surface area contributed by atoms with Crippen LogP contribution in [0, 0.1) is 0 Å². The summed E-state index contributed by atoms with van der Waals surface area (Å²) < 4.78 is 17.9. The number of nitrogens with zero attached hydrogens (tertiary/aromatic N) is 2. The van der Waals surface area contributed by atoms with E-state index in [-0.39, 0.29) is 37.2 Å². The van der Waals surface area contributed by atoms with Crippen LogP contribution >= 0.6 is 48.8 Å². The van der Waals surface area contributed by atoms with Gasteiger partial charge < -0.3 is 24.5 Å². The maximum absolute atomic E-state index is 6.36. The molecule has 2 N–H and O–H groups in total. The largest absolute Gasteiger partial charge is 0.495 e. The number of halogens is 4. The predicted octanol–water partition coefficient (Wildman–Crippen LogP) is 5.28. The zero-order chi connectivity index (χ0) is 18.8. The van der Waals surface area contributed by atoms with Gasteiger partial charge in [-0.3, -0.25) is 0 Å². The van der Waals surface area contributed by atoms with Gasteiger partial charge in [0.05, 0.1) is 49.8 Å². The maximum atomic E-state index is 6.36. The number of hydrogen-bond donors (Lipinski definition) is 1. The van der Waals surface area contributed by atoms with Crippen LogP contribution in [-0.2, 0) is 7.05 Å². The van der Waals surface area contributed by atoms with E-state index in [0.29, 0.717) is 28.0 Å². The lowest BCUT2D eigenvalue weighted by Gasteiger charge is -2.13. The minimum absolute atomic E-state index is 0. The minimum Gasteiger partial charge on any atom is -0.495 e. The molecule has 0 aliphatic heterocycles. The molecule has 3 rings (SSSR count). The van der Waals surface area contributed by atoms with Crippen LogP contribution in [0.25, 0.3) is 22.5 Å². The molecule has 0 aliphatic rings. The Hall–Kier alpha value is -1.99. The summed E-state index contributed by atoms with van der Waals surface area (Å²) in [5.41, 5.74) is 10.0. The zero-order valence-electron chi connectivity index (χ0n) is 16.3. The average Bonchev–Trinajstić information content (AvgIpc) is 3.02. The Balaban J connectivity index is 0.00000261. The molecule has 0 amide bonds. The van der Waals surface area contributed by atoms with Crippen molar-refractivity contribution in [2.45, 2.75) is 0 Å². The van der Waals surface area contributed by atoms with Gasteiger partial charge in [-0.15, -0.1) is 37.2 Å². The van der Waals surface area contributed by atoms with Gasteiger partial charge >= 0.3 is 0 Å². The van der Waals surface area contributed by atoms with Crippen molar-refractivity contribution in [2.24, 2.45) is 7.05 Å². The van der Waals surface area contributed by atoms with Crippen molar-refractivity contribution < 1.29 is 14.2 Å². The number of benzene rings is 2. The highest BCUT2D eigenvalue weighted by molar-refractivity contribution is 6.32. The summed E-state index contributed by atoms with van der Waals surface area (Å²) in [5, 5.41) is 0.452. The smallest absolute Gasteiger partial charge is 0.179 e. The number of ether oxygens (including phenoxy) is 3. The third-order valence-electron chi connectivity index (χ3n) is 4.15. The van der Waals surface area contributed by atoms with Crippen molar-refractivity contribution >= 4 is 54.5 Å². The van der Waals surface area contributed by atoms with Crippen molar-refractivity contribution in [3.05, 3.63) is 41.7 Å². The quantitative estimate of drug-likeness (QED) is 0.500. The van der Waals surface area contributed by atoms with Gasteiger partial charge in [0.1, 0.15) is 5.75 Å². The first-order chi connectivity index (χ1) is 12.5. The molecule has 0 radical (unpaired) electrons. The van der Waals surface area contributed by atoms with E-state index in [0.717, 1.165) is 22.5 Å². The molecule has 2 aromatic carbocycles. The van der Waals surface area contributed by atoms with Gasteiger partial charge in [-0.1, -0.05) is 11.6 Å². The van der Waals surface area contributed by atoms with Gasteiger partial charge in [0.15, 0.2) is 11.5 Å². The lowest BCUT2D eigenvalue weighted by atomic mass is 10.0. The van der Waals surface area contributed by atoms with Crippen LogP contribution < -0.4 is 19.9 Å². The van der Waals surface area contributed by atoms with E-state index >= 15 is 0 Å². The van der Waals surface area contributed by atoms with E-state index in [1.807, 2.05) is 41.9 Å². The average molecular weight is 483 g/mol. The van der Waals surface area contributed by atoms with E-state index in [9.17, 15) is 0 Å². The fraction of sp³-hybridized carbons (Fsp3) is 0.211. The summed E-state index contributed by atoms with van der Waals surface area (Å²) in [6, 6.07) is 9.30. The number of aromatic nitrogens is 2. The van der Waals surface area contributed by atoms with Crippen molar-refractivity contribution in [1.82, 2.24) is 9.55 Å². The van der Waals surface area contributed by atoms with Crippen molar-refractivity contribution in [2.75, 3.05) is 27.1 Å². The second-order valence-corrected chi connectivity index (χ2v) is 6.11. The van der Waals surface area contributed by atoms with Crippen LogP contribution in [0.1, 0.15) is 0 Å². The normalized spacial score (nSPS) is 9.55. The lowest BCUT2D eigenvalue weighted by molar-refractivity contribution is 0.355. The Morgan fingerprint density at radius 2 is 1.55 bits per heavy atom. The van der Waals surface area contributed by atoms with E-state index in [2.05, 4.69) is 4.98 Å². The standard InChI is InChI=1S/C19H20ClN3O3.3ClH/c1-23-10-22-17(12-7-13(20)19(26-4)16(9-12)25-3)18(23)11-5-6-15(24-2)14(21)8-11;;;/h5-10H,21H2,1-4H3;3*1H. The van der Waals surface area contributed by atoms with Crippen LogP contribution in [0.5, 0.6) is 17.2 Å². The summed E-state index contributed by atoms with van der Waals surface area (Å²) in [5.74, 6) is 1.66. The van der Waals surface area contributed by atoms with E-state index < -0.39 is 0 Å². The first kappa shape index (κ1) is 27.0. The Morgan fingerprint density at radius 1 is 0.897 bits per heavy atom. The third-order valence-corrected chi connectivity index (χ3v) is 4.43. The third kappa shape index (κ3) is 5.14. The van der Waals surface area contributed by atoms with Crippen LogP contribution in [-0.4, -0.2) is 30.9 Å². The number of nitrogen functional groups attached to an aromatic ring is 1. The molecule has 0 aliphatic carbocycles. The fourth-order valence-electron chi connectivity index (χ4n) is 2.92. The van der Waals surface area contributed by atoms with E-state index in [4.69, 9.17) is 31.5 Å². The summed E-state index contributed by atoms with van der Waals surface area (Å²) in [4.78, 5) is 4.54. The van der Waals surface area contributed by atoms with Gasteiger partial charge in [-0.25, -0.2) is 4.98 Å². The molecule has 1 heterocycles. The Morgan fingerprint density at radius 3 is 2.10 bits per heavy atom. The highest BCUT2D eigenvalue weighted by Crippen LogP contribution is 2.41. The van der Waals surface area contributed by atoms with E-state index in [1.165, 1.54) is 0 Å². The Labute approximate surface area is 193 Å². The molecule has 0 bridgehead atoms. The number of aryl methyl sites for hydroxylation is 1. The molecule has 6 nitrogen and oxygen atoms in total. The summed E-state index contributed by atoms with van der Waals surface area (Å²) in [6.07, 6.45) is 1.75. The summed E-state index contributed by atoms with van der Waals surface area (Å²) in [7, 11) is 6.64. The molecular formula is C19H23Cl4N3O3. The molecular weight excluding hydrogens is 460 g/mol. The molecule has 10 heteroatoms. The van der Waals surface area contributed by atoms with Gasteiger partial charge in [0.25, 0.3) is 0 Å². The second-order valence-electron chi connectivity index (χ2n) is 5.70. The molecule has 1 aromatic heterocycles.